The molecule has 2 fully saturated rings. The molecule has 0 unspecified atom stereocenters. The molecule has 9 heteroatoms. The maximum atomic E-state index is 13.8. The normalized spacial score (nSPS) is 18.1. The fraction of sp³-hybridized carbons (Fsp3) is 0.323. The summed E-state index contributed by atoms with van der Waals surface area (Å²) in [4.78, 5) is 34.4. The van der Waals surface area contributed by atoms with Crippen LogP contribution in [0.1, 0.15) is 41.5 Å². The summed E-state index contributed by atoms with van der Waals surface area (Å²) in [5, 5.41) is 2.81. The Hall–Kier alpha value is -3.80. The van der Waals surface area contributed by atoms with Gasteiger partial charge in [0.1, 0.15) is 11.6 Å². The van der Waals surface area contributed by atoms with Gasteiger partial charge in [0.2, 0.25) is 0 Å². The Morgan fingerprint density at radius 1 is 0.875 bits per heavy atom. The van der Waals surface area contributed by atoms with E-state index in [4.69, 9.17) is 6.57 Å². The van der Waals surface area contributed by atoms with E-state index >= 15 is 0 Å². The van der Waals surface area contributed by atoms with Crippen LogP contribution >= 0.6 is 12.4 Å². The minimum absolute atomic E-state index is 0. The van der Waals surface area contributed by atoms with Crippen LogP contribution in [-0.2, 0) is 15.9 Å². The fourth-order valence-electron chi connectivity index (χ4n) is 5.87. The lowest BCUT2D eigenvalue weighted by Crippen LogP contribution is -2.45. The second-order valence-corrected chi connectivity index (χ2v) is 10.3. The lowest BCUT2D eigenvalue weighted by Gasteiger charge is -2.35. The molecule has 2 heterocycles. The Morgan fingerprint density at radius 2 is 1.43 bits per heavy atom. The predicted molar refractivity (Wildman–Crippen MR) is 151 cm³/mol. The third kappa shape index (κ3) is 5.19. The molecule has 2 aliphatic heterocycles. The number of aryl methyl sites for hydroxylation is 1. The van der Waals surface area contributed by atoms with Crippen LogP contribution in [0.2, 0.25) is 0 Å². The van der Waals surface area contributed by atoms with Gasteiger partial charge in [-0.15, -0.1) is 12.4 Å². The first-order chi connectivity index (χ1) is 18.8. The number of hydrogen-bond acceptors (Lipinski definition) is 3. The number of nitrogens with one attached hydrogen (secondary N) is 1. The summed E-state index contributed by atoms with van der Waals surface area (Å²) in [6, 6.07) is 18.3. The number of hydrogen-bond donors (Lipinski definition) is 1. The van der Waals surface area contributed by atoms with Gasteiger partial charge in [-0.1, -0.05) is 48.5 Å². The van der Waals surface area contributed by atoms with E-state index in [1.807, 2.05) is 25.1 Å². The van der Waals surface area contributed by atoms with Crippen LogP contribution in [0.3, 0.4) is 0 Å². The van der Waals surface area contributed by atoms with Crippen molar-refractivity contribution in [1.82, 2.24) is 15.1 Å². The number of likely N-dealkylation sites (tertiary alicyclic amines) is 1. The number of amides is 3. The molecule has 6 nitrogen and oxygen atoms in total. The quantitative estimate of drug-likeness (QED) is 0.292. The van der Waals surface area contributed by atoms with Gasteiger partial charge < -0.3 is 15.1 Å². The molecule has 208 valence electrons. The number of rotatable bonds is 7. The summed E-state index contributed by atoms with van der Waals surface area (Å²) in [5.41, 5.74) is 0.949. The van der Waals surface area contributed by atoms with E-state index in [9.17, 15) is 18.4 Å². The fourth-order valence-corrected chi connectivity index (χ4v) is 5.87. The Morgan fingerprint density at radius 3 is 1.95 bits per heavy atom. The van der Waals surface area contributed by atoms with Crippen molar-refractivity contribution in [3.63, 3.8) is 0 Å². The van der Waals surface area contributed by atoms with Crippen molar-refractivity contribution in [2.75, 3.05) is 26.2 Å². The Balaban J connectivity index is 0.00000370. The summed E-state index contributed by atoms with van der Waals surface area (Å²) < 4.78 is 27.4. The molecule has 3 amide bonds. The Labute approximate surface area is 239 Å². The van der Waals surface area contributed by atoms with Gasteiger partial charge in [-0.2, -0.15) is 0 Å². The highest BCUT2D eigenvalue weighted by molar-refractivity contribution is 6.09. The van der Waals surface area contributed by atoms with Gasteiger partial charge in [-0.05, 0) is 60.8 Å². The van der Waals surface area contributed by atoms with Gasteiger partial charge in [0.15, 0.2) is 5.54 Å². The first-order valence-corrected chi connectivity index (χ1v) is 13.1. The van der Waals surface area contributed by atoms with E-state index in [2.05, 4.69) is 21.1 Å². The lowest BCUT2D eigenvalue weighted by atomic mass is 9.79. The predicted octanol–water partition coefficient (Wildman–Crippen LogP) is 5.79. The van der Waals surface area contributed by atoms with E-state index < -0.39 is 34.7 Å². The first-order valence-electron chi connectivity index (χ1n) is 13.1. The zero-order chi connectivity index (χ0) is 27.6. The number of benzene rings is 3. The molecule has 3 aromatic carbocycles. The molecule has 1 N–H and O–H groups in total. The summed E-state index contributed by atoms with van der Waals surface area (Å²) in [7, 11) is 0. The third-order valence-electron chi connectivity index (χ3n) is 8.06. The molecule has 2 saturated heterocycles. The summed E-state index contributed by atoms with van der Waals surface area (Å²) in [6.45, 7) is 12.4. The van der Waals surface area contributed by atoms with Crippen LogP contribution in [0.5, 0.6) is 0 Å². The number of piperidine rings is 1. The average Bonchev–Trinajstić information content (AvgIpc) is 3.20. The van der Waals surface area contributed by atoms with Crippen LogP contribution in [0.25, 0.3) is 4.85 Å². The van der Waals surface area contributed by atoms with Gasteiger partial charge in [-0.25, -0.2) is 20.1 Å². The maximum Gasteiger partial charge on any atom is 0.325 e. The zero-order valence-corrected chi connectivity index (χ0v) is 23.0. The van der Waals surface area contributed by atoms with Crippen molar-refractivity contribution in [2.24, 2.45) is 0 Å². The molecule has 0 bridgehead atoms. The van der Waals surface area contributed by atoms with Crippen LogP contribution in [0, 0.1) is 25.1 Å². The molecule has 0 atom stereocenters. The first kappa shape index (κ1) is 29.2. The molecule has 40 heavy (non-hydrogen) atoms. The van der Waals surface area contributed by atoms with Gasteiger partial charge >= 0.3 is 6.03 Å². The highest BCUT2D eigenvalue weighted by atomic mass is 35.5. The largest absolute Gasteiger partial charge is 0.325 e. The van der Waals surface area contributed by atoms with E-state index in [0.717, 1.165) is 37.1 Å². The number of carbonyl (C=O) groups is 2. The molecule has 0 radical (unpaired) electrons. The second-order valence-electron chi connectivity index (χ2n) is 10.3. The molecule has 3 aromatic rings. The highest BCUT2D eigenvalue weighted by Gasteiger charge is 2.53. The molecular weight excluding hydrogens is 534 g/mol. The van der Waals surface area contributed by atoms with Crippen LogP contribution in [0.4, 0.5) is 13.6 Å². The molecular formula is C31H31ClF2N4O2. The van der Waals surface area contributed by atoms with Gasteiger partial charge in [0.05, 0.1) is 0 Å². The SMILES string of the molecule is Cl.[C-]#[N+]C1(c2ccccc2C)CCN(CCCN2C(=O)NC(c3ccc(F)cc3)(c3ccc(F)cc3)C2=O)CC1. The van der Waals surface area contributed by atoms with Gasteiger partial charge in [-0.3, -0.25) is 9.69 Å². The summed E-state index contributed by atoms with van der Waals surface area (Å²) in [5.74, 6) is -1.41. The number of urea groups is 1. The zero-order valence-electron chi connectivity index (χ0n) is 22.2. The summed E-state index contributed by atoms with van der Waals surface area (Å²) in [6.07, 6.45) is 2.02. The number of nitrogens with zero attached hydrogens (tertiary/aromatic N) is 3. The summed E-state index contributed by atoms with van der Waals surface area (Å²) >= 11 is 0. The molecule has 0 aromatic heterocycles. The van der Waals surface area contributed by atoms with Crippen molar-refractivity contribution >= 4 is 24.3 Å². The van der Waals surface area contributed by atoms with Crippen molar-refractivity contribution in [2.45, 2.75) is 37.3 Å². The second kappa shape index (κ2) is 11.7. The van der Waals surface area contributed by atoms with Crippen molar-refractivity contribution in [1.29, 1.82) is 0 Å². The number of imide groups is 1. The number of carbonyl (C=O) groups excluding carboxylic acids is 2. The van der Waals surface area contributed by atoms with Gasteiger partial charge in [0.25, 0.3) is 11.4 Å². The van der Waals surface area contributed by atoms with Crippen LogP contribution < -0.4 is 5.32 Å². The minimum Gasteiger partial charge on any atom is -0.315 e. The molecule has 0 aliphatic carbocycles. The van der Waals surface area contributed by atoms with Crippen LogP contribution in [0.15, 0.2) is 72.8 Å². The van der Waals surface area contributed by atoms with E-state index in [1.165, 1.54) is 53.4 Å². The molecule has 2 aliphatic rings. The van der Waals surface area contributed by atoms with Crippen molar-refractivity contribution < 1.29 is 18.4 Å². The highest BCUT2D eigenvalue weighted by Crippen LogP contribution is 2.39. The Bertz CT molecular complexity index is 1370. The lowest BCUT2D eigenvalue weighted by molar-refractivity contribution is -0.130. The van der Waals surface area contributed by atoms with Crippen molar-refractivity contribution in [3.05, 3.63) is 118 Å². The Kier molecular flexibility index (Phi) is 8.57. The topological polar surface area (TPSA) is 57.0 Å². The van der Waals surface area contributed by atoms with E-state index in [1.54, 1.807) is 0 Å². The van der Waals surface area contributed by atoms with E-state index in [-0.39, 0.29) is 19.0 Å². The molecule has 0 spiro atoms. The maximum absolute atomic E-state index is 13.8. The standard InChI is InChI=1S/C31H30F2N4O2.ClH/c1-22-6-3-4-7-27(22)30(34-2)16-20-36(21-17-30)18-5-19-37-28(38)31(35-29(37)39,23-8-12-25(32)13-9-23)24-10-14-26(33)15-11-24;/h3-4,6-15H,5,16-21H2,1H3,(H,35,39);1H. The van der Waals surface area contributed by atoms with Crippen molar-refractivity contribution in [3.8, 4) is 0 Å². The van der Waals surface area contributed by atoms with Crippen LogP contribution in [-0.4, -0.2) is 47.9 Å². The molecule has 0 saturated carbocycles. The van der Waals surface area contributed by atoms with Gasteiger partial charge in [0, 0.05) is 38.0 Å². The average molecular weight is 565 g/mol. The third-order valence-corrected chi connectivity index (χ3v) is 8.06. The monoisotopic (exact) mass is 564 g/mol. The molecule has 5 rings (SSSR count). The number of halogens is 3. The smallest absolute Gasteiger partial charge is 0.315 e. The van der Waals surface area contributed by atoms with E-state index in [0.29, 0.717) is 24.1 Å². The minimum atomic E-state index is -1.56.